The number of nitrogens with one attached hydrogen (secondary N) is 2. The van der Waals surface area contributed by atoms with Gasteiger partial charge in [0.15, 0.2) is 0 Å². The summed E-state index contributed by atoms with van der Waals surface area (Å²) in [5, 5.41) is 10.3. The van der Waals surface area contributed by atoms with Crippen LogP contribution in [-0.2, 0) is 20.9 Å². The molecule has 2 N–H and O–H groups in total. The Morgan fingerprint density at radius 2 is 2.03 bits per heavy atom. The van der Waals surface area contributed by atoms with E-state index in [2.05, 4.69) is 15.8 Å². The summed E-state index contributed by atoms with van der Waals surface area (Å²) in [7, 11) is 0. The molecular formula is C22H32ClN3O4. The molecule has 1 unspecified atom stereocenters. The number of esters is 1. The van der Waals surface area contributed by atoms with E-state index < -0.39 is 0 Å². The first-order valence-electron chi connectivity index (χ1n) is 11.2. The average molecular weight is 438 g/mol. The number of carbonyl (C=O) groups excluding carboxylic acids is 2. The lowest BCUT2D eigenvalue weighted by atomic mass is 9.78. The number of hydrogen-bond acceptors (Lipinski definition) is 6. The van der Waals surface area contributed by atoms with Gasteiger partial charge in [-0.3, -0.25) is 9.59 Å². The molecule has 5 rings (SSSR count). The Labute approximate surface area is 183 Å². The Morgan fingerprint density at radius 3 is 2.67 bits per heavy atom. The van der Waals surface area contributed by atoms with Crippen molar-refractivity contribution in [3.8, 4) is 0 Å². The van der Waals surface area contributed by atoms with Gasteiger partial charge in [0.25, 0.3) is 0 Å². The van der Waals surface area contributed by atoms with E-state index in [0.29, 0.717) is 36.6 Å². The molecule has 1 amide bonds. The first kappa shape index (κ1) is 21.6. The fourth-order valence-electron chi connectivity index (χ4n) is 6.49. The molecule has 1 saturated heterocycles. The molecule has 3 saturated carbocycles. The second-order valence-electron chi connectivity index (χ2n) is 9.56. The van der Waals surface area contributed by atoms with Gasteiger partial charge in [0.2, 0.25) is 5.91 Å². The zero-order valence-corrected chi connectivity index (χ0v) is 18.3. The molecular weight excluding hydrogens is 406 g/mol. The van der Waals surface area contributed by atoms with Gasteiger partial charge in [-0.2, -0.15) is 0 Å². The molecule has 166 valence electrons. The fourth-order valence-corrected chi connectivity index (χ4v) is 6.49. The van der Waals surface area contributed by atoms with E-state index in [0.717, 1.165) is 57.4 Å². The highest BCUT2D eigenvalue weighted by molar-refractivity contribution is 5.87. The summed E-state index contributed by atoms with van der Waals surface area (Å²) >= 11 is 0. The molecule has 1 aromatic heterocycles. The Hall–Kier alpha value is -1.60. The Morgan fingerprint density at radius 1 is 1.27 bits per heavy atom. The van der Waals surface area contributed by atoms with Crippen molar-refractivity contribution in [3.05, 3.63) is 17.5 Å². The lowest BCUT2D eigenvalue weighted by Gasteiger charge is -2.29. The first-order chi connectivity index (χ1) is 14.1. The molecule has 5 atom stereocenters. The third-order valence-electron chi connectivity index (χ3n) is 7.90. The maximum absolute atomic E-state index is 13.2. The van der Waals surface area contributed by atoms with Gasteiger partial charge >= 0.3 is 5.97 Å². The molecule has 0 radical (unpaired) electrons. The van der Waals surface area contributed by atoms with Gasteiger partial charge in [-0.25, -0.2) is 0 Å². The standard InChI is InChI=1S/C22H31N3O4.ClH/c1-13-9-15(25-29-13)11-24-20(26)18-16-4-5-17(22(16)6-7-22)19(18)21(27)28-12-14-3-2-8-23-10-14;/h9,14,16-19,23H,2-8,10-12H2,1H3,(H,24,26);1H/t14?,16-,17+,18+,19+;/m0./s1. The summed E-state index contributed by atoms with van der Waals surface area (Å²) in [6.45, 7) is 4.60. The zero-order valence-electron chi connectivity index (χ0n) is 17.5. The van der Waals surface area contributed by atoms with Crippen LogP contribution >= 0.6 is 12.4 Å². The summed E-state index contributed by atoms with van der Waals surface area (Å²) in [6.07, 6.45) is 6.66. The van der Waals surface area contributed by atoms with Crippen LogP contribution in [0, 0.1) is 41.9 Å². The molecule has 8 heteroatoms. The second-order valence-corrected chi connectivity index (χ2v) is 9.56. The number of hydrogen-bond donors (Lipinski definition) is 2. The van der Waals surface area contributed by atoms with E-state index in [9.17, 15) is 9.59 Å². The van der Waals surface area contributed by atoms with E-state index in [1.807, 2.05) is 13.0 Å². The number of rotatable bonds is 6. The molecule has 1 aromatic rings. The lowest BCUT2D eigenvalue weighted by molar-refractivity contribution is -0.157. The molecule has 1 aliphatic heterocycles. The molecule has 4 fully saturated rings. The topological polar surface area (TPSA) is 93.5 Å². The number of amides is 1. The van der Waals surface area contributed by atoms with E-state index >= 15 is 0 Å². The van der Waals surface area contributed by atoms with Crippen LogP contribution in [0.4, 0.5) is 0 Å². The number of ether oxygens (including phenoxy) is 1. The first-order valence-corrected chi connectivity index (χ1v) is 11.2. The van der Waals surface area contributed by atoms with Crippen LogP contribution < -0.4 is 10.6 Å². The number of nitrogens with zero attached hydrogens (tertiary/aromatic N) is 1. The van der Waals surface area contributed by atoms with Gasteiger partial charge in [-0.1, -0.05) is 5.16 Å². The molecule has 0 aromatic carbocycles. The maximum Gasteiger partial charge on any atom is 0.310 e. The molecule has 1 spiro atoms. The SMILES string of the molecule is Cc1cc(CNC(=O)[C@H]2[C@H](C(=O)OCC3CCCNC3)[C@H]3CC[C@@H]2C32CC2)no1.Cl. The van der Waals surface area contributed by atoms with Crippen molar-refractivity contribution in [3.63, 3.8) is 0 Å². The molecule has 3 aliphatic carbocycles. The van der Waals surface area contributed by atoms with Crippen molar-refractivity contribution in [2.24, 2.45) is 35.0 Å². The summed E-state index contributed by atoms with van der Waals surface area (Å²) in [4.78, 5) is 26.3. The fraction of sp³-hybridized carbons (Fsp3) is 0.773. The summed E-state index contributed by atoms with van der Waals surface area (Å²) in [5.41, 5.74) is 0.937. The van der Waals surface area contributed by atoms with Gasteiger partial charge in [0.05, 0.1) is 25.0 Å². The van der Waals surface area contributed by atoms with Gasteiger partial charge in [0, 0.05) is 18.5 Å². The van der Waals surface area contributed by atoms with Crippen LogP contribution in [0.2, 0.25) is 0 Å². The van der Waals surface area contributed by atoms with Gasteiger partial charge in [-0.05, 0) is 69.2 Å². The number of piperidine rings is 1. The minimum atomic E-state index is -0.285. The predicted molar refractivity (Wildman–Crippen MR) is 112 cm³/mol. The van der Waals surface area contributed by atoms with E-state index in [4.69, 9.17) is 9.26 Å². The summed E-state index contributed by atoms with van der Waals surface area (Å²) in [6, 6.07) is 1.83. The Bertz CT molecular complexity index is 787. The van der Waals surface area contributed by atoms with Gasteiger partial charge in [-0.15, -0.1) is 12.4 Å². The van der Waals surface area contributed by atoms with Gasteiger partial charge < -0.3 is 19.9 Å². The van der Waals surface area contributed by atoms with Crippen molar-refractivity contribution >= 4 is 24.3 Å². The third kappa shape index (κ3) is 3.75. The quantitative estimate of drug-likeness (QED) is 0.664. The number of aromatic nitrogens is 1. The lowest BCUT2D eigenvalue weighted by Crippen LogP contribution is -2.42. The van der Waals surface area contributed by atoms with Crippen LogP contribution in [0.15, 0.2) is 10.6 Å². The average Bonchev–Trinajstić information content (AvgIpc) is 3.22. The summed E-state index contributed by atoms with van der Waals surface area (Å²) < 4.78 is 10.9. The van der Waals surface area contributed by atoms with E-state index in [-0.39, 0.29) is 41.5 Å². The van der Waals surface area contributed by atoms with Crippen molar-refractivity contribution in [1.82, 2.24) is 15.8 Å². The third-order valence-corrected chi connectivity index (χ3v) is 7.90. The van der Waals surface area contributed by atoms with Crippen LogP contribution in [0.1, 0.15) is 50.0 Å². The number of carbonyl (C=O) groups is 2. The Balaban J connectivity index is 0.00000218. The minimum Gasteiger partial charge on any atom is -0.465 e. The minimum absolute atomic E-state index is 0. The molecule has 2 heterocycles. The smallest absolute Gasteiger partial charge is 0.310 e. The van der Waals surface area contributed by atoms with Crippen molar-refractivity contribution in [2.45, 2.75) is 52.0 Å². The monoisotopic (exact) mass is 437 g/mol. The van der Waals surface area contributed by atoms with Crippen LogP contribution in [0.5, 0.6) is 0 Å². The number of halogens is 1. The molecule has 30 heavy (non-hydrogen) atoms. The molecule has 7 nitrogen and oxygen atoms in total. The van der Waals surface area contributed by atoms with Crippen molar-refractivity contribution in [1.29, 1.82) is 0 Å². The van der Waals surface area contributed by atoms with Crippen LogP contribution in [0.25, 0.3) is 0 Å². The highest BCUT2D eigenvalue weighted by atomic mass is 35.5. The summed E-state index contributed by atoms with van der Waals surface area (Å²) in [5.74, 6) is 1.04. The predicted octanol–water partition coefficient (Wildman–Crippen LogP) is 2.62. The second kappa shape index (κ2) is 8.50. The van der Waals surface area contributed by atoms with Crippen molar-refractivity contribution in [2.75, 3.05) is 19.7 Å². The molecule has 2 bridgehead atoms. The normalized spacial score (nSPS) is 33.2. The number of aryl methyl sites for hydroxylation is 1. The Kier molecular flexibility index (Phi) is 6.13. The largest absolute Gasteiger partial charge is 0.465 e. The van der Waals surface area contributed by atoms with Crippen molar-refractivity contribution < 1.29 is 18.8 Å². The van der Waals surface area contributed by atoms with Crippen LogP contribution in [-0.4, -0.2) is 36.7 Å². The van der Waals surface area contributed by atoms with Crippen LogP contribution in [0.3, 0.4) is 0 Å². The highest BCUT2D eigenvalue weighted by Crippen LogP contribution is 2.74. The zero-order chi connectivity index (χ0) is 20.0. The highest BCUT2D eigenvalue weighted by Gasteiger charge is 2.71. The van der Waals surface area contributed by atoms with E-state index in [1.165, 1.54) is 0 Å². The van der Waals surface area contributed by atoms with E-state index in [1.54, 1.807) is 0 Å². The van der Waals surface area contributed by atoms with Gasteiger partial charge in [0.1, 0.15) is 11.5 Å². The maximum atomic E-state index is 13.2. The molecule has 4 aliphatic rings.